The van der Waals surface area contributed by atoms with Crippen molar-refractivity contribution in [3.05, 3.63) is 59.9 Å². The van der Waals surface area contributed by atoms with Gasteiger partial charge in [0.05, 0.1) is 6.54 Å². The van der Waals surface area contributed by atoms with E-state index in [9.17, 15) is 4.79 Å². The minimum atomic E-state index is -0.0599. The van der Waals surface area contributed by atoms with Crippen molar-refractivity contribution in [1.82, 2.24) is 14.9 Å². The van der Waals surface area contributed by atoms with E-state index in [2.05, 4.69) is 16.9 Å². The number of carbonyl (C=O) groups excluding carboxylic acids is 1. The van der Waals surface area contributed by atoms with Gasteiger partial charge < -0.3 is 9.64 Å². The van der Waals surface area contributed by atoms with E-state index in [-0.39, 0.29) is 12.0 Å². The molecule has 3 rings (SSSR count). The number of piperidine rings is 1. The molecule has 2 aromatic rings. The van der Waals surface area contributed by atoms with Crippen molar-refractivity contribution < 1.29 is 9.53 Å². The molecule has 5 nitrogen and oxygen atoms in total. The number of rotatable bonds is 5. The molecule has 1 aromatic carbocycles. The van der Waals surface area contributed by atoms with Crippen LogP contribution in [-0.4, -0.2) is 40.0 Å². The summed E-state index contributed by atoms with van der Waals surface area (Å²) in [6.45, 7) is 3.39. The summed E-state index contributed by atoms with van der Waals surface area (Å²) in [5.74, 6) is 0.0133. The predicted molar refractivity (Wildman–Crippen MR) is 97.1 cm³/mol. The molecule has 1 aromatic heterocycles. The summed E-state index contributed by atoms with van der Waals surface area (Å²) in [6.07, 6.45) is 9.72. The summed E-state index contributed by atoms with van der Waals surface area (Å²) in [4.78, 5) is 22.7. The summed E-state index contributed by atoms with van der Waals surface area (Å²) in [7, 11) is 0. The van der Waals surface area contributed by atoms with Gasteiger partial charge in [0, 0.05) is 25.0 Å². The highest BCUT2D eigenvalue weighted by molar-refractivity contribution is 5.91. The maximum Gasteiger partial charge on any atom is 0.316 e. The van der Waals surface area contributed by atoms with Gasteiger partial charge in [-0.2, -0.15) is 0 Å². The van der Waals surface area contributed by atoms with Crippen molar-refractivity contribution in [1.29, 1.82) is 0 Å². The van der Waals surface area contributed by atoms with Crippen LogP contribution in [0.5, 0.6) is 6.01 Å². The van der Waals surface area contributed by atoms with E-state index in [1.165, 1.54) is 0 Å². The fourth-order valence-electron chi connectivity index (χ4n) is 2.81. The van der Waals surface area contributed by atoms with Gasteiger partial charge in [0.1, 0.15) is 6.10 Å². The van der Waals surface area contributed by atoms with Gasteiger partial charge >= 0.3 is 6.01 Å². The molecule has 0 spiro atoms. The minimum absolute atomic E-state index is 0.0133. The monoisotopic (exact) mass is 337 g/mol. The Hall–Kier alpha value is -2.69. The first-order chi connectivity index (χ1) is 12.2. The average molecular weight is 337 g/mol. The third-order valence-corrected chi connectivity index (χ3v) is 4.27. The molecule has 1 amide bonds. The molecule has 0 aliphatic carbocycles. The molecule has 1 saturated heterocycles. The number of likely N-dealkylation sites (tertiary alicyclic amines) is 1. The first-order valence-corrected chi connectivity index (χ1v) is 8.74. The molecular formula is C20H23N3O2. The third kappa shape index (κ3) is 4.89. The topological polar surface area (TPSA) is 55.3 Å². The van der Waals surface area contributed by atoms with Gasteiger partial charge in [0.25, 0.3) is 0 Å². The molecule has 1 aliphatic heterocycles. The zero-order valence-electron chi connectivity index (χ0n) is 14.5. The number of ether oxygens (including phenoxy) is 1. The number of aryl methyl sites for hydroxylation is 1. The lowest BCUT2D eigenvalue weighted by molar-refractivity contribution is -0.128. The second kappa shape index (κ2) is 8.42. The Morgan fingerprint density at radius 1 is 1.28 bits per heavy atom. The Kier molecular flexibility index (Phi) is 5.77. The lowest BCUT2D eigenvalue weighted by atomic mass is 10.1. The normalized spacial score (nSPS) is 17.6. The van der Waals surface area contributed by atoms with Crippen LogP contribution in [0.2, 0.25) is 0 Å². The quantitative estimate of drug-likeness (QED) is 0.787. The van der Waals surface area contributed by atoms with Crippen LogP contribution < -0.4 is 4.74 Å². The van der Waals surface area contributed by atoms with Crippen LogP contribution in [0.15, 0.2) is 48.8 Å². The molecule has 25 heavy (non-hydrogen) atoms. The Morgan fingerprint density at radius 2 is 2.04 bits per heavy atom. The molecule has 0 bridgehead atoms. The SMILES string of the molecule is CCc1cnc(OC2CCCN(C(=O)/C=C/c3ccccc3)C2)nc1. The van der Waals surface area contributed by atoms with Gasteiger partial charge in [0.2, 0.25) is 5.91 Å². The number of aromatic nitrogens is 2. The van der Waals surface area contributed by atoms with Crippen LogP contribution in [0, 0.1) is 0 Å². The van der Waals surface area contributed by atoms with E-state index >= 15 is 0 Å². The Bertz CT molecular complexity index is 713. The third-order valence-electron chi connectivity index (χ3n) is 4.27. The Morgan fingerprint density at radius 3 is 2.76 bits per heavy atom. The standard InChI is InChI=1S/C20H23N3O2/c1-2-16-13-21-20(22-14-16)25-18-9-6-12-23(15-18)19(24)11-10-17-7-4-3-5-8-17/h3-5,7-8,10-11,13-14,18H,2,6,9,12,15H2,1H3/b11-10+. The van der Waals surface area contributed by atoms with Crippen molar-refractivity contribution in [3.8, 4) is 6.01 Å². The fourth-order valence-corrected chi connectivity index (χ4v) is 2.81. The van der Waals surface area contributed by atoms with Crippen LogP contribution >= 0.6 is 0 Å². The van der Waals surface area contributed by atoms with E-state index in [0.29, 0.717) is 12.6 Å². The van der Waals surface area contributed by atoms with E-state index in [1.54, 1.807) is 18.5 Å². The molecule has 0 saturated carbocycles. The molecule has 0 N–H and O–H groups in total. The highest BCUT2D eigenvalue weighted by Crippen LogP contribution is 2.16. The van der Waals surface area contributed by atoms with Gasteiger partial charge in [-0.15, -0.1) is 0 Å². The van der Waals surface area contributed by atoms with Gasteiger partial charge in [-0.25, -0.2) is 9.97 Å². The summed E-state index contributed by atoms with van der Waals surface area (Å²) in [6, 6.07) is 10.2. The van der Waals surface area contributed by atoms with Gasteiger partial charge in [0.15, 0.2) is 0 Å². The van der Waals surface area contributed by atoms with Crippen LogP contribution in [0.1, 0.15) is 30.9 Å². The molecular weight excluding hydrogens is 314 g/mol. The van der Waals surface area contributed by atoms with Crippen LogP contribution in [0.25, 0.3) is 6.08 Å². The van der Waals surface area contributed by atoms with Gasteiger partial charge in [-0.3, -0.25) is 4.79 Å². The Labute approximate surface area is 148 Å². The molecule has 1 fully saturated rings. The van der Waals surface area contributed by atoms with Crippen LogP contribution in [0.3, 0.4) is 0 Å². The van der Waals surface area contributed by atoms with Crippen LogP contribution in [0.4, 0.5) is 0 Å². The molecule has 5 heteroatoms. The maximum atomic E-state index is 12.4. The second-order valence-corrected chi connectivity index (χ2v) is 6.14. The number of benzene rings is 1. The molecule has 130 valence electrons. The summed E-state index contributed by atoms with van der Waals surface area (Å²) in [5.41, 5.74) is 2.10. The predicted octanol–water partition coefficient (Wildman–Crippen LogP) is 3.12. The maximum absolute atomic E-state index is 12.4. The largest absolute Gasteiger partial charge is 0.458 e. The Balaban J connectivity index is 1.56. The summed E-state index contributed by atoms with van der Waals surface area (Å²) in [5, 5.41) is 0. The van der Waals surface area contributed by atoms with E-state index in [0.717, 1.165) is 36.9 Å². The smallest absolute Gasteiger partial charge is 0.316 e. The molecule has 0 radical (unpaired) electrons. The van der Waals surface area contributed by atoms with Crippen molar-refractivity contribution in [2.75, 3.05) is 13.1 Å². The van der Waals surface area contributed by atoms with Crippen molar-refractivity contribution in [2.45, 2.75) is 32.3 Å². The molecule has 1 unspecified atom stereocenters. The first kappa shape index (κ1) is 17.1. The number of hydrogen-bond acceptors (Lipinski definition) is 4. The summed E-state index contributed by atoms with van der Waals surface area (Å²) < 4.78 is 5.86. The molecule has 1 aliphatic rings. The number of nitrogens with zero attached hydrogens (tertiary/aromatic N) is 3. The van der Waals surface area contributed by atoms with Crippen LogP contribution in [-0.2, 0) is 11.2 Å². The van der Waals surface area contributed by atoms with Crippen molar-refractivity contribution >= 4 is 12.0 Å². The van der Waals surface area contributed by atoms with Gasteiger partial charge in [-0.05, 0) is 36.5 Å². The number of carbonyl (C=O) groups is 1. The van der Waals surface area contributed by atoms with Gasteiger partial charge in [-0.1, -0.05) is 37.3 Å². The molecule has 1 atom stereocenters. The van der Waals surface area contributed by atoms with Crippen molar-refractivity contribution in [3.63, 3.8) is 0 Å². The lowest BCUT2D eigenvalue weighted by Gasteiger charge is -2.31. The fraction of sp³-hybridized carbons (Fsp3) is 0.350. The lowest BCUT2D eigenvalue weighted by Crippen LogP contribution is -2.43. The zero-order chi connectivity index (χ0) is 17.5. The summed E-state index contributed by atoms with van der Waals surface area (Å²) >= 11 is 0. The van der Waals surface area contributed by atoms with E-state index in [4.69, 9.17) is 4.74 Å². The average Bonchev–Trinajstić information content (AvgIpc) is 2.68. The first-order valence-electron chi connectivity index (χ1n) is 8.74. The van der Waals surface area contributed by atoms with E-state index < -0.39 is 0 Å². The minimum Gasteiger partial charge on any atom is -0.458 e. The number of hydrogen-bond donors (Lipinski definition) is 0. The molecule has 2 heterocycles. The highest BCUT2D eigenvalue weighted by atomic mass is 16.5. The van der Waals surface area contributed by atoms with E-state index in [1.807, 2.05) is 41.3 Å². The highest BCUT2D eigenvalue weighted by Gasteiger charge is 2.24. The van der Waals surface area contributed by atoms with Crippen molar-refractivity contribution in [2.24, 2.45) is 0 Å². The number of amides is 1. The second-order valence-electron chi connectivity index (χ2n) is 6.14. The zero-order valence-corrected chi connectivity index (χ0v) is 14.5.